The molecule has 1 aliphatic rings. The summed E-state index contributed by atoms with van der Waals surface area (Å²) in [6.07, 6.45) is 1.15. The van der Waals surface area contributed by atoms with Gasteiger partial charge in [0.15, 0.2) is 0 Å². The Hall–Kier alpha value is -0.560. The molecule has 1 aromatic rings. The molecular formula is C14H22N2O2S2. The maximum atomic E-state index is 11.3. The number of nitrogens with two attached hydrogens (primary N) is 1. The van der Waals surface area contributed by atoms with Gasteiger partial charge in [-0.05, 0) is 35.3 Å². The number of benzene rings is 1. The van der Waals surface area contributed by atoms with Gasteiger partial charge in [-0.2, -0.15) is 11.8 Å². The normalized spacial score (nSPS) is 22.6. The second-order valence-corrected chi connectivity index (χ2v) is 8.75. The molecular weight excluding hydrogens is 292 g/mol. The fraction of sp³-hybridized carbons (Fsp3) is 0.571. The highest BCUT2D eigenvalue weighted by Gasteiger charge is 2.27. The van der Waals surface area contributed by atoms with E-state index in [1.165, 1.54) is 11.8 Å². The van der Waals surface area contributed by atoms with Crippen LogP contribution in [0.15, 0.2) is 29.2 Å². The van der Waals surface area contributed by atoms with Crippen LogP contribution in [0.4, 0.5) is 0 Å². The summed E-state index contributed by atoms with van der Waals surface area (Å²) in [6, 6.07) is 7.29. The first kappa shape index (κ1) is 15.8. The molecule has 0 radical (unpaired) electrons. The molecule has 1 fully saturated rings. The molecule has 1 saturated heterocycles. The van der Waals surface area contributed by atoms with Gasteiger partial charge in [-0.1, -0.05) is 26.0 Å². The second-order valence-electron chi connectivity index (χ2n) is 6.15. The molecule has 1 aromatic carbocycles. The second kappa shape index (κ2) is 6.05. The van der Waals surface area contributed by atoms with E-state index in [1.54, 1.807) is 12.1 Å². The van der Waals surface area contributed by atoms with E-state index in [2.05, 4.69) is 19.2 Å². The van der Waals surface area contributed by atoms with Gasteiger partial charge in [-0.25, -0.2) is 13.6 Å². The number of primary sulfonamides is 1. The fourth-order valence-corrected chi connectivity index (χ4v) is 4.38. The Bertz CT molecular complexity index is 570. The number of nitrogens with one attached hydrogen (secondary N) is 1. The van der Waals surface area contributed by atoms with Gasteiger partial charge < -0.3 is 5.32 Å². The lowest BCUT2D eigenvalue weighted by Gasteiger charge is -2.35. The van der Waals surface area contributed by atoms with Gasteiger partial charge in [0.2, 0.25) is 10.0 Å². The molecule has 1 heterocycles. The van der Waals surface area contributed by atoms with Gasteiger partial charge in [0, 0.05) is 18.3 Å². The van der Waals surface area contributed by atoms with Crippen molar-refractivity contribution in [3.05, 3.63) is 29.8 Å². The summed E-state index contributed by atoms with van der Waals surface area (Å²) in [5, 5.41) is 8.66. The molecule has 112 valence electrons. The van der Waals surface area contributed by atoms with Crippen LogP contribution in [0.25, 0.3) is 0 Å². The van der Waals surface area contributed by atoms with E-state index in [1.807, 2.05) is 17.8 Å². The molecule has 20 heavy (non-hydrogen) atoms. The summed E-state index contributed by atoms with van der Waals surface area (Å²) >= 11 is 1.97. The number of rotatable bonds is 4. The van der Waals surface area contributed by atoms with Crippen molar-refractivity contribution in [2.45, 2.75) is 37.8 Å². The van der Waals surface area contributed by atoms with Crippen LogP contribution in [0.5, 0.6) is 0 Å². The first-order valence-corrected chi connectivity index (χ1v) is 9.39. The van der Waals surface area contributed by atoms with Crippen LogP contribution in [0, 0.1) is 5.41 Å². The van der Waals surface area contributed by atoms with Crippen LogP contribution < -0.4 is 10.5 Å². The maximum absolute atomic E-state index is 11.3. The highest BCUT2D eigenvalue weighted by molar-refractivity contribution is 7.99. The predicted octanol–water partition coefficient (Wildman–Crippen LogP) is 1.96. The largest absolute Gasteiger partial charge is 0.309 e. The molecule has 0 spiro atoms. The Morgan fingerprint density at radius 2 is 2.20 bits per heavy atom. The molecule has 6 heteroatoms. The predicted molar refractivity (Wildman–Crippen MR) is 84.2 cm³/mol. The third kappa shape index (κ3) is 4.48. The first-order valence-electron chi connectivity index (χ1n) is 6.69. The summed E-state index contributed by atoms with van der Waals surface area (Å²) < 4.78 is 22.7. The molecule has 0 amide bonds. The van der Waals surface area contributed by atoms with Crippen molar-refractivity contribution in [3.8, 4) is 0 Å². The van der Waals surface area contributed by atoms with Gasteiger partial charge in [0.05, 0.1) is 4.90 Å². The summed E-state index contributed by atoms with van der Waals surface area (Å²) in [5.74, 6) is 2.31. The molecule has 1 atom stereocenters. The van der Waals surface area contributed by atoms with Crippen molar-refractivity contribution in [1.29, 1.82) is 0 Å². The Morgan fingerprint density at radius 1 is 1.45 bits per heavy atom. The van der Waals surface area contributed by atoms with Gasteiger partial charge in [-0.15, -0.1) is 0 Å². The number of hydrogen-bond donors (Lipinski definition) is 2. The van der Waals surface area contributed by atoms with Gasteiger partial charge in [0.25, 0.3) is 0 Å². The van der Waals surface area contributed by atoms with Crippen LogP contribution in [-0.4, -0.2) is 26.0 Å². The minimum atomic E-state index is -3.62. The molecule has 2 rings (SSSR count). The summed E-state index contributed by atoms with van der Waals surface area (Å²) in [4.78, 5) is 0.176. The zero-order valence-electron chi connectivity index (χ0n) is 11.9. The average Bonchev–Trinajstić information content (AvgIpc) is 2.35. The van der Waals surface area contributed by atoms with E-state index in [4.69, 9.17) is 5.14 Å². The van der Waals surface area contributed by atoms with Crippen molar-refractivity contribution in [2.75, 3.05) is 11.5 Å². The molecule has 1 aliphatic heterocycles. The lowest BCUT2D eigenvalue weighted by molar-refractivity contribution is 0.317. The summed E-state index contributed by atoms with van der Waals surface area (Å²) in [5.41, 5.74) is 1.31. The van der Waals surface area contributed by atoms with Crippen molar-refractivity contribution in [3.63, 3.8) is 0 Å². The minimum absolute atomic E-state index is 0.176. The van der Waals surface area contributed by atoms with Crippen LogP contribution in [0.3, 0.4) is 0 Å². The Morgan fingerprint density at radius 3 is 2.85 bits per heavy atom. The van der Waals surface area contributed by atoms with Gasteiger partial charge in [0.1, 0.15) is 0 Å². The standard InChI is InChI=1S/C14H22N2O2S2/c1-14(2)7-12(9-19-10-14)16-8-11-4-3-5-13(6-11)20(15,17)18/h3-6,12,16H,7-10H2,1-2H3,(H2,15,17,18). The van der Waals surface area contributed by atoms with E-state index < -0.39 is 10.0 Å². The van der Waals surface area contributed by atoms with Crippen molar-refractivity contribution >= 4 is 21.8 Å². The number of sulfonamides is 1. The highest BCUT2D eigenvalue weighted by atomic mass is 32.2. The lowest BCUT2D eigenvalue weighted by Crippen LogP contribution is -2.39. The zero-order valence-corrected chi connectivity index (χ0v) is 13.6. The van der Waals surface area contributed by atoms with Gasteiger partial charge >= 0.3 is 0 Å². The molecule has 1 unspecified atom stereocenters. The Labute approximate surface area is 125 Å². The summed E-state index contributed by atoms with van der Waals surface area (Å²) in [6.45, 7) is 5.25. The van der Waals surface area contributed by atoms with Crippen molar-refractivity contribution in [1.82, 2.24) is 5.32 Å². The number of thioether (sulfide) groups is 1. The lowest BCUT2D eigenvalue weighted by atomic mass is 9.88. The van der Waals surface area contributed by atoms with E-state index in [9.17, 15) is 8.42 Å². The third-order valence-corrected chi connectivity index (χ3v) is 5.97. The SMILES string of the molecule is CC1(C)CSCC(NCc2cccc(S(N)(=O)=O)c2)C1. The fourth-order valence-electron chi connectivity index (χ4n) is 2.49. The van der Waals surface area contributed by atoms with Crippen molar-refractivity contribution in [2.24, 2.45) is 10.6 Å². The Balaban J connectivity index is 1.98. The van der Waals surface area contributed by atoms with Crippen LogP contribution in [0.2, 0.25) is 0 Å². The minimum Gasteiger partial charge on any atom is -0.309 e. The molecule has 0 bridgehead atoms. The number of hydrogen-bond acceptors (Lipinski definition) is 4. The van der Waals surface area contributed by atoms with E-state index >= 15 is 0 Å². The molecule has 0 saturated carbocycles. The highest BCUT2D eigenvalue weighted by Crippen LogP contribution is 2.33. The van der Waals surface area contributed by atoms with E-state index in [0.717, 1.165) is 17.7 Å². The quantitative estimate of drug-likeness (QED) is 0.891. The van der Waals surface area contributed by atoms with Crippen LogP contribution in [0.1, 0.15) is 25.8 Å². The molecule has 4 nitrogen and oxygen atoms in total. The average molecular weight is 314 g/mol. The molecule has 3 N–H and O–H groups in total. The van der Waals surface area contributed by atoms with E-state index in [-0.39, 0.29) is 4.90 Å². The Kier molecular flexibility index (Phi) is 4.79. The monoisotopic (exact) mass is 314 g/mol. The maximum Gasteiger partial charge on any atom is 0.238 e. The molecule has 0 aromatic heterocycles. The topological polar surface area (TPSA) is 72.2 Å². The van der Waals surface area contributed by atoms with Crippen LogP contribution in [-0.2, 0) is 16.6 Å². The molecule has 0 aliphatic carbocycles. The van der Waals surface area contributed by atoms with E-state index in [0.29, 0.717) is 18.0 Å². The van der Waals surface area contributed by atoms with Gasteiger partial charge in [-0.3, -0.25) is 0 Å². The van der Waals surface area contributed by atoms with Crippen LogP contribution >= 0.6 is 11.8 Å². The van der Waals surface area contributed by atoms with Crippen molar-refractivity contribution < 1.29 is 8.42 Å². The smallest absolute Gasteiger partial charge is 0.238 e. The first-order chi connectivity index (χ1) is 9.26. The third-order valence-electron chi connectivity index (χ3n) is 3.43. The zero-order chi connectivity index (χ0) is 14.8. The summed E-state index contributed by atoms with van der Waals surface area (Å²) in [7, 11) is -3.62.